The Kier molecular flexibility index (Phi) is 5.72. The van der Waals surface area contributed by atoms with E-state index in [0.717, 1.165) is 5.56 Å². The van der Waals surface area contributed by atoms with Crippen LogP contribution in [-0.2, 0) is 17.6 Å². The summed E-state index contributed by atoms with van der Waals surface area (Å²) in [6.45, 7) is 1.34. The summed E-state index contributed by atoms with van der Waals surface area (Å²) in [6, 6.07) is 16.5. The normalized spacial score (nSPS) is 10.7. The van der Waals surface area contributed by atoms with Crippen LogP contribution in [0, 0.1) is 0 Å². The predicted molar refractivity (Wildman–Crippen MR) is 105 cm³/mol. The molecule has 1 N–H and O–H groups in total. The maximum atomic E-state index is 12.9. The molecule has 27 heavy (non-hydrogen) atoms. The van der Waals surface area contributed by atoms with E-state index in [4.69, 9.17) is 11.6 Å². The summed E-state index contributed by atoms with van der Waals surface area (Å²) in [5.41, 5.74) is 1.83. The number of ketones is 2. The third kappa shape index (κ3) is 4.44. The van der Waals surface area contributed by atoms with Crippen molar-refractivity contribution in [2.75, 3.05) is 0 Å². The first-order valence-electron chi connectivity index (χ1n) is 8.62. The van der Waals surface area contributed by atoms with Gasteiger partial charge in [0.05, 0.1) is 12.1 Å². The van der Waals surface area contributed by atoms with Crippen molar-refractivity contribution in [1.82, 2.24) is 9.78 Å². The number of rotatable bonds is 7. The van der Waals surface area contributed by atoms with Gasteiger partial charge in [-0.15, -0.1) is 0 Å². The molecule has 5 nitrogen and oxygen atoms in total. The van der Waals surface area contributed by atoms with Gasteiger partial charge in [0.25, 0.3) is 5.56 Å². The highest BCUT2D eigenvalue weighted by Crippen LogP contribution is 2.15. The van der Waals surface area contributed by atoms with Crippen LogP contribution in [-0.4, -0.2) is 21.3 Å². The number of aryl methyl sites for hydroxylation is 2. The fourth-order valence-corrected chi connectivity index (χ4v) is 3.07. The van der Waals surface area contributed by atoms with E-state index in [1.165, 1.54) is 11.6 Å². The van der Waals surface area contributed by atoms with Crippen LogP contribution in [0.3, 0.4) is 0 Å². The van der Waals surface area contributed by atoms with Crippen LogP contribution in [0.2, 0.25) is 5.02 Å². The van der Waals surface area contributed by atoms with Crippen molar-refractivity contribution in [1.29, 1.82) is 0 Å². The minimum absolute atomic E-state index is 0.0583. The molecule has 0 radical (unpaired) electrons. The number of H-pyrrole nitrogens is 1. The molecule has 3 rings (SSSR count). The van der Waals surface area contributed by atoms with Gasteiger partial charge in [-0.05, 0) is 49.6 Å². The number of Topliss-reactive ketones (excluding diaryl/α,β-unsaturated/α-hetero) is 2. The van der Waals surface area contributed by atoms with E-state index in [-0.39, 0.29) is 17.8 Å². The molecular weight excluding hydrogens is 364 g/mol. The zero-order valence-corrected chi connectivity index (χ0v) is 15.6. The fraction of sp³-hybridized carbons (Fsp3) is 0.190. The molecule has 0 aliphatic heterocycles. The van der Waals surface area contributed by atoms with Crippen molar-refractivity contribution in [2.45, 2.75) is 26.2 Å². The first-order valence-corrected chi connectivity index (χ1v) is 9.00. The first-order chi connectivity index (χ1) is 13.0. The minimum atomic E-state index is -0.454. The van der Waals surface area contributed by atoms with Crippen LogP contribution in [0.5, 0.6) is 0 Å². The SMILES string of the molecule is CC(=O)CC(=O)c1c(CCc2ccc(Cl)cc2)[nH]n(-c2ccccc2)c1=O. The van der Waals surface area contributed by atoms with Gasteiger partial charge >= 0.3 is 0 Å². The van der Waals surface area contributed by atoms with Crippen LogP contribution in [0.15, 0.2) is 59.4 Å². The highest BCUT2D eigenvalue weighted by molar-refractivity contribution is 6.30. The summed E-state index contributed by atoms with van der Waals surface area (Å²) in [5, 5.41) is 3.70. The second kappa shape index (κ2) is 8.18. The quantitative estimate of drug-likeness (QED) is 0.499. The second-order valence-electron chi connectivity index (χ2n) is 6.37. The molecule has 0 bridgehead atoms. The first kappa shape index (κ1) is 18.9. The van der Waals surface area contributed by atoms with E-state index in [1.807, 2.05) is 30.3 Å². The highest BCUT2D eigenvalue weighted by atomic mass is 35.5. The predicted octanol–water partition coefficient (Wildman–Crippen LogP) is 3.77. The molecule has 2 aromatic carbocycles. The maximum absolute atomic E-state index is 12.9. The zero-order valence-electron chi connectivity index (χ0n) is 14.9. The number of hydrogen-bond acceptors (Lipinski definition) is 3. The Hall–Kier alpha value is -2.92. The fourth-order valence-electron chi connectivity index (χ4n) is 2.94. The van der Waals surface area contributed by atoms with E-state index in [1.54, 1.807) is 24.3 Å². The molecule has 1 aromatic heterocycles. The van der Waals surface area contributed by atoms with E-state index >= 15 is 0 Å². The molecule has 0 amide bonds. The Morgan fingerprint density at radius 1 is 1.00 bits per heavy atom. The lowest BCUT2D eigenvalue weighted by Gasteiger charge is -2.03. The Balaban J connectivity index is 1.97. The smallest absolute Gasteiger partial charge is 0.282 e. The van der Waals surface area contributed by atoms with Crippen molar-refractivity contribution >= 4 is 23.2 Å². The Morgan fingerprint density at radius 2 is 1.67 bits per heavy atom. The standard InChI is InChI=1S/C21H19ClN2O3/c1-14(25)13-19(26)20-18(12-9-15-7-10-16(22)11-8-15)23-24(21(20)27)17-5-3-2-4-6-17/h2-8,10-11,23H,9,12-13H2,1H3. The van der Waals surface area contributed by atoms with E-state index in [2.05, 4.69) is 5.10 Å². The molecule has 0 saturated carbocycles. The average molecular weight is 383 g/mol. The lowest BCUT2D eigenvalue weighted by atomic mass is 10.0. The van der Waals surface area contributed by atoms with Gasteiger partial charge < -0.3 is 0 Å². The molecule has 6 heteroatoms. The Labute approximate surface area is 161 Å². The van der Waals surface area contributed by atoms with E-state index in [9.17, 15) is 14.4 Å². The molecule has 0 unspecified atom stereocenters. The van der Waals surface area contributed by atoms with Crippen LogP contribution < -0.4 is 5.56 Å². The van der Waals surface area contributed by atoms with Crippen molar-refractivity contribution in [2.24, 2.45) is 0 Å². The number of aromatic nitrogens is 2. The van der Waals surface area contributed by atoms with E-state index in [0.29, 0.717) is 29.2 Å². The van der Waals surface area contributed by atoms with Crippen LogP contribution >= 0.6 is 11.6 Å². The Bertz CT molecular complexity index is 1020. The van der Waals surface area contributed by atoms with Crippen molar-refractivity contribution < 1.29 is 9.59 Å². The summed E-state index contributed by atoms with van der Waals surface area (Å²) in [7, 11) is 0. The summed E-state index contributed by atoms with van der Waals surface area (Å²) in [6.07, 6.45) is 0.817. The molecule has 0 spiro atoms. The monoisotopic (exact) mass is 382 g/mol. The molecule has 0 saturated heterocycles. The molecule has 1 heterocycles. The largest absolute Gasteiger partial charge is 0.300 e. The number of nitrogens with zero attached hydrogens (tertiary/aromatic N) is 1. The van der Waals surface area contributed by atoms with Crippen molar-refractivity contribution in [3.05, 3.63) is 86.8 Å². The number of aromatic amines is 1. The van der Waals surface area contributed by atoms with Crippen LogP contribution in [0.4, 0.5) is 0 Å². The van der Waals surface area contributed by atoms with Crippen LogP contribution in [0.25, 0.3) is 5.69 Å². The lowest BCUT2D eigenvalue weighted by Crippen LogP contribution is -2.21. The number of nitrogens with one attached hydrogen (secondary N) is 1. The summed E-state index contributed by atoms with van der Waals surface area (Å²) >= 11 is 5.91. The third-order valence-electron chi connectivity index (χ3n) is 4.25. The molecule has 138 valence electrons. The van der Waals surface area contributed by atoms with E-state index < -0.39 is 11.3 Å². The van der Waals surface area contributed by atoms with Gasteiger partial charge in [-0.2, -0.15) is 0 Å². The van der Waals surface area contributed by atoms with Gasteiger partial charge in [-0.3, -0.25) is 19.5 Å². The topological polar surface area (TPSA) is 71.9 Å². The summed E-state index contributed by atoms with van der Waals surface area (Å²) in [4.78, 5) is 36.8. The number of benzene rings is 2. The molecule has 3 aromatic rings. The van der Waals surface area contributed by atoms with Gasteiger partial charge in [-0.1, -0.05) is 41.9 Å². The summed E-state index contributed by atoms with van der Waals surface area (Å²) < 4.78 is 1.35. The van der Waals surface area contributed by atoms with Gasteiger partial charge in [0, 0.05) is 10.7 Å². The second-order valence-corrected chi connectivity index (χ2v) is 6.81. The molecule has 0 aliphatic rings. The lowest BCUT2D eigenvalue weighted by molar-refractivity contribution is -0.116. The number of carbonyl (C=O) groups excluding carboxylic acids is 2. The van der Waals surface area contributed by atoms with Crippen LogP contribution in [0.1, 0.15) is 35.0 Å². The molecular formula is C21H19ClN2O3. The molecule has 0 aliphatic carbocycles. The summed E-state index contributed by atoms with van der Waals surface area (Å²) in [5.74, 6) is -0.722. The number of carbonyl (C=O) groups is 2. The molecule has 0 fully saturated rings. The molecule has 0 atom stereocenters. The minimum Gasteiger partial charge on any atom is -0.300 e. The van der Waals surface area contributed by atoms with Crippen molar-refractivity contribution in [3.8, 4) is 5.69 Å². The maximum Gasteiger partial charge on any atom is 0.282 e. The number of halogens is 1. The number of hydrogen-bond donors (Lipinski definition) is 1. The zero-order chi connectivity index (χ0) is 19.4. The van der Waals surface area contributed by atoms with Crippen molar-refractivity contribution in [3.63, 3.8) is 0 Å². The van der Waals surface area contributed by atoms with Gasteiger partial charge in [0.1, 0.15) is 11.3 Å². The number of para-hydroxylation sites is 1. The van der Waals surface area contributed by atoms with Gasteiger partial charge in [0.15, 0.2) is 5.78 Å². The average Bonchev–Trinajstić information content (AvgIpc) is 2.98. The van der Waals surface area contributed by atoms with Gasteiger partial charge in [0.2, 0.25) is 0 Å². The highest BCUT2D eigenvalue weighted by Gasteiger charge is 2.22. The Morgan fingerprint density at radius 3 is 2.30 bits per heavy atom. The van der Waals surface area contributed by atoms with Gasteiger partial charge in [-0.25, -0.2) is 4.68 Å². The third-order valence-corrected chi connectivity index (χ3v) is 4.50.